The molecule has 2 aromatic carbocycles. The molecule has 1 fully saturated rings. The Morgan fingerprint density at radius 1 is 1.11 bits per heavy atom. The number of likely N-dealkylation sites (N-methyl/N-ethyl adjacent to an activating group) is 1. The number of carbonyl (C=O) groups excluding carboxylic acids is 1. The highest BCUT2D eigenvalue weighted by molar-refractivity contribution is 6.35. The second kappa shape index (κ2) is 7.70. The van der Waals surface area contributed by atoms with E-state index in [-0.39, 0.29) is 11.9 Å². The van der Waals surface area contributed by atoms with Gasteiger partial charge in [-0.15, -0.1) is 0 Å². The summed E-state index contributed by atoms with van der Waals surface area (Å²) in [5, 5.41) is 4.39. The van der Waals surface area contributed by atoms with E-state index < -0.39 is 0 Å². The Labute approximate surface area is 170 Å². The minimum Gasteiger partial charge on any atom is -0.325 e. The Morgan fingerprint density at radius 3 is 2.52 bits per heavy atom. The number of amides is 2. The summed E-state index contributed by atoms with van der Waals surface area (Å²) >= 11 is 12.7. The van der Waals surface area contributed by atoms with Crippen LogP contribution in [0.2, 0.25) is 10.0 Å². The molecular weight excluding hydrogens is 381 g/mol. The zero-order valence-electron chi connectivity index (χ0n) is 15.3. The van der Waals surface area contributed by atoms with Crippen LogP contribution in [0.1, 0.15) is 35.4 Å². The maximum Gasteiger partial charge on any atom is 0.321 e. The molecule has 1 N–H and O–H groups in total. The normalized spacial score (nSPS) is 19.8. The molecule has 1 unspecified atom stereocenters. The number of hydrogen-bond acceptors (Lipinski definition) is 2. The summed E-state index contributed by atoms with van der Waals surface area (Å²) in [5.74, 6) is 0.207. The van der Waals surface area contributed by atoms with Gasteiger partial charge in [0.05, 0.1) is 0 Å². The number of fused-ring (bicyclic) bond motifs is 1. The fourth-order valence-electron chi connectivity index (χ4n) is 4.05. The highest BCUT2D eigenvalue weighted by atomic mass is 35.5. The Kier molecular flexibility index (Phi) is 5.31. The Balaban J connectivity index is 1.56. The van der Waals surface area contributed by atoms with E-state index in [0.717, 1.165) is 55.3 Å². The molecule has 4 rings (SSSR count). The number of nitrogens with one attached hydrogen (secondary N) is 1. The number of urea groups is 1. The lowest BCUT2D eigenvalue weighted by atomic mass is 9.85. The van der Waals surface area contributed by atoms with Crippen molar-refractivity contribution in [1.82, 2.24) is 9.80 Å². The van der Waals surface area contributed by atoms with Crippen molar-refractivity contribution in [3.8, 4) is 0 Å². The van der Waals surface area contributed by atoms with Crippen LogP contribution in [0.25, 0.3) is 0 Å². The van der Waals surface area contributed by atoms with E-state index in [1.165, 1.54) is 11.1 Å². The van der Waals surface area contributed by atoms with Crippen LogP contribution in [0.5, 0.6) is 0 Å². The van der Waals surface area contributed by atoms with Crippen LogP contribution < -0.4 is 5.32 Å². The second-order valence-corrected chi connectivity index (χ2v) is 8.29. The van der Waals surface area contributed by atoms with E-state index in [9.17, 15) is 4.79 Å². The molecule has 0 radical (unpaired) electrons. The molecule has 2 amide bonds. The molecular formula is C21H23Cl2N3O. The predicted octanol–water partition coefficient (Wildman–Crippen LogP) is 5.20. The summed E-state index contributed by atoms with van der Waals surface area (Å²) in [6.45, 7) is 3.42. The summed E-state index contributed by atoms with van der Waals surface area (Å²) in [7, 11) is 2.10. The largest absolute Gasteiger partial charge is 0.325 e. The molecule has 142 valence electrons. The van der Waals surface area contributed by atoms with Gasteiger partial charge >= 0.3 is 6.03 Å². The van der Waals surface area contributed by atoms with E-state index in [2.05, 4.69) is 29.4 Å². The Bertz CT molecular complexity index is 847. The predicted molar refractivity (Wildman–Crippen MR) is 111 cm³/mol. The minimum absolute atomic E-state index is 0.0124. The number of likely N-dealkylation sites (tertiary alicyclic amines) is 1. The van der Waals surface area contributed by atoms with E-state index in [4.69, 9.17) is 23.2 Å². The average molecular weight is 404 g/mol. The van der Waals surface area contributed by atoms with E-state index in [0.29, 0.717) is 5.02 Å². The van der Waals surface area contributed by atoms with Crippen LogP contribution >= 0.6 is 23.2 Å². The third-order valence-electron chi connectivity index (χ3n) is 5.45. The van der Waals surface area contributed by atoms with Crippen molar-refractivity contribution in [1.29, 1.82) is 0 Å². The van der Waals surface area contributed by atoms with Gasteiger partial charge in [-0.2, -0.15) is 0 Å². The number of hydrogen-bond donors (Lipinski definition) is 1. The molecule has 2 aliphatic rings. The fraction of sp³-hybridized carbons (Fsp3) is 0.381. The van der Waals surface area contributed by atoms with E-state index in [1.807, 2.05) is 29.2 Å². The van der Waals surface area contributed by atoms with Crippen molar-refractivity contribution >= 4 is 34.9 Å². The maximum atomic E-state index is 12.3. The molecule has 2 aliphatic heterocycles. The van der Waals surface area contributed by atoms with Crippen molar-refractivity contribution in [2.24, 2.45) is 0 Å². The molecule has 2 heterocycles. The van der Waals surface area contributed by atoms with Crippen molar-refractivity contribution in [3.05, 3.63) is 63.1 Å². The van der Waals surface area contributed by atoms with Crippen LogP contribution in [-0.4, -0.2) is 42.5 Å². The summed E-state index contributed by atoms with van der Waals surface area (Å²) in [6, 6.07) is 12.0. The van der Waals surface area contributed by atoms with Gasteiger partial charge in [-0.25, -0.2) is 4.79 Å². The molecule has 1 saturated heterocycles. The van der Waals surface area contributed by atoms with Gasteiger partial charge in [0.2, 0.25) is 0 Å². The van der Waals surface area contributed by atoms with Crippen LogP contribution in [0.3, 0.4) is 0 Å². The third-order valence-corrected chi connectivity index (χ3v) is 6.01. The summed E-state index contributed by atoms with van der Waals surface area (Å²) in [5.41, 5.74) is 4.36. The lowest BCUT2D eigenvalue weighted by Crippen LogP contribution is -2.32. The zero-order chi connectivity index (χ0) is 19.0. The Hall–Kier alpha value is -1.75. The third kappa shape index (κ3) is 3.93. The molecule has 0 aliphatic carbocycles. The van der Waals surface area contributed by atoms with Gasteiger partial charge in [0.15, 0.2) is 0 Å². The molecule has 4 nitrogen and oxygen atoms in total. The van der Waals surface area contributed by atoms with Crippen molar-refractivity contribution in [2.45, 2.75) is 25.3 Å². The molecule has 0 aromatic heterocycles. The van der Waals surface area contributed by atoms with Gasteiger partial charge < -0.3 is 15.1 Å². The first-order chi connectivity index (χ1) is 13.0. The first-order valence-electron chi connectivity index (χ1n) is 9.33. The zero-order valence-corrected chi connectivity index (χ0v) is 16.9. The first-order valence-corrected chi connectivity index (χ1v) is 10.1. The van der Waals surface area contributed by atoms with Gasteiger partial charge in [0, 0.05) is 47.8 Å². The monoisotopic (exact) mass is 403 g/mol. The van der Waals surface area contributed by atoms with Crippen LogP contribution in [0.15, 0.2) is 36.4 Å². The SMILES string of the molecule is CN1Cc2c(Cl)cc(Cl)cc2C(c2ccc(NC(=O)N3CCCC3)cc2)C1. The van der Waals surface area contributed by atoms with Crippen molar-refractivity contribution in [2.75, 3.05) is 32.0 Å². The molecule has 6 heteroatoms. The number of carbonyl (C=O) groups is 1. The quantitative estimate of drug-likeness (QED) is 0.747. The van der Waals surface area contributed by atoms with Gasteiger partial charge in [0.25, 0.3) is 0 Å². The van der Waals surface area contributed by atoms with Crippen molar-refractivity contribution in [3.63, 3.8) is 0 Å². The number of halogens is 2. The Morgan fingerprint density at radius 2 is 1.81 bits per heavy atom. The minimum atomic E-state index is -0.0124. The summed E-state index contributed by atoms with van der Waals surface area (Å²) in [6.07, 6.45) is 2.18. The maximum absolute atomic E-state index is 12.3. The van der Waals surface area contributed by atoms with Gasteiger partial charge in [-0.3, -0.25) is 0 Å². The summed E-state index contributed by atoms with van der Waals surface area (Å²) < 4.78 is 0. The smallest absolute Gasteiger partial charge is 0.321 e. The number of nitrogens with zero attached hydrogens (tertiary/aromatic N) is 2. The van der Waals surface area contributed by atoms with Crippen LogP contribution in [0, 0.1) is 0 Å². The molecule has 0 saturated carbocycles. The number of anilines is 1. The van der Waals surface area contributed by atoms with Gasteiger partial charge in [0.1, 0.15) is 0 Å². The fourth-order valence-corrected chi connectivity index (χ4v) is 4.62. The number of benzene rings is 2. The topological polar surface area (TPSA) is 35.6 Å². The molecule has 2 aromatic rings. The second-order valence-electron chi connectivity index (χ2n) is 7.45. The van der Waals surface area contributed by atoms with Gasteiger partial charge in [-0.05, 0) is 60.8 Å². The average Bonchev–Trinajstić information content (AvgIpc) is 3.17. The molecule has 0 spiro atoms. The first kappa shape index (κ1) is 18.6. The summed E-state index contributed by atoms with van der Waals surface area (Å²) in [4.78, 5) is 16.4. The highest BCUT2D eigenvalue weighted by Crippen LogP contribution is 2.38. The lowest BCUT2D eigenvalue weighted by Gasteiger charge is -2.33. The van der Waals surface area contributed by atoms with Crippen LogP contribution in [-0.2, 0) is 6.54 Å². The molecule has 1 atom stereocenters. The van der Waals surface area contributed by atoms with E-state index >= 15 is 0 Å². The number of rotatable bonds is 2. The molecule has 0 bridgehead atoms. The van der Waals surface area contributed by atoms with E-state index in [1.54, 1.807) is 0 Å². The highest BCUT2D eigenvalue weighted by Gasteiger charge is 2.27. The lowest BCUT2D eigenvalue weighted by molar-refractivity contribution is 0.222. The van der Waals surface area contributed by atoms with Gasteiger partial charge in [-0.1, -0.05) is 35.3 Å². The molecule has 27 heavy (non-hydrogen) atoms. The van der Waals surface area contributed by atoms with Crippen molar-refractivity contribution < 1.29 is 4.79 Å². The standard InChI is InChI=1S/C21H23Cl2N3O/c1-25-12-18(17-10-15(22)11-20(23)19(17)13-25)14-4-6-16(7-5-14)24-21(27)26-8-2-3-9-26/h4-7,10-11,18H,2-3,8-9,12-13H2,1H3,(H,24,27). The van der Waals surface area contributed by atoms with Crippen LogP contribution in [0.4, 0.5) is 10.5 Å².